The van der Waals surface area contributed by atoms with Crippen molar-refractivity contribution in [1.29, 1.82) is 0 Å². The number of rotatable bonds is 1. The number of hydrogen-bond donors (Lipinski definition) is 1. The van der Waals surface area contributed by atoms with Crippen LogP contribution in [0.25, 0.3) is 0 Å². The van der Waals surface area contributed by atoms with Gasteiger partial charge in [0.1, 0.15) is 0 Å². The summed E-state index contributed by atoms with van der Waals surface area (Å²) in [6.07, 6.45) is -2.24. The van der Waals surface area contributed by atoms with Crippen molar-refractivity contribution >= 4 is 29.7 Å². The lowest BCUT2D eigenvalue weighted by Crippen LogP contribution is -2.52. The average Bonchev–Trinajstić information content (AvgIpc) is 2.63. The number of fused-ring (bicyclic) bond motifs is 1. The van der Waals surface area contributed by atoms with Gasteiger partial charge < -0.3 is 5.32 Å². The Labute approximate surface area is 162 Å². The second-order valence-electron chi connectivity index (χ2n) is 7.02. The highest BCUT2D eigenvalue weighted by Crippen LogP contribution is 2.46. The molecule has 2 aliphatic rings. The minimum Gasteiger partial charge on any atom is -0.317 e. The molecular formula is C20H20ClF3N2O. The summed E-state index contributed by atoms with van der Waals surface area (Å²) < 4.78 is 38.6. The van der Waals surface area contributed by atoms with Gasteiger partial charge in [0.2, 0.25) is 5.91 Å². The van der Waals surface area contributed by atoms with E-state index in [0.717, 1.165) is 49.3 Å². The molecule has 0 bridgehead atoms. The maximum Gasteiger partial charge on any atom is 0.416 e. The number of halogens is 4. The Hall–Kier alpha value is -2.05. The number of anilines is 2. The third kappa shape index (κ3) is 3.44. The molecular weight excluding hydrogens is 377 g/mol. The molecule has 1 amide bonds. The van der Waals surface area contributed by atoms with Crippen molar-refractivity contribution in [3.63, 3.8) is 0 Å². The maximum absolute atomic E-state index is 13.4. The van der Waals surface area contributed by atoms with Crippen LogP contribution in [0.4, 0.5) is 24.5 Å². The van der Waals surface area contributed by atoms with Crippen molar-refractivity contribution in [3.05, 3.63) is 59.7 Å². The number of nitrogens with zero attached hydrogens (tertiary/aromatic N) is 1. The van der Waals surface area contributed by atoms with E-state index in [1.54, 1.807) is 4.90 Å². The van der Waals surface area contributed by atoms with Gasteiger partial charge in [-0.05, 0) is 68.2 Å². The first-order valence-electron chi connectivity index (χ1n) is 8.71. The second kappa shape index (κ2) is 7.17. The van der Waals surface area contributed by atoms with Crippen LogP contribution in [0.3, 0.4) is 0 Å². The molecule has 1 N–H and O–H groups in total. The number of hydrogen-bond acceptors (Lipinski definition) is 2. The first-order valence-corrected chi connectivity index (χ1v) is 8.71. The van der Waals surface area contributed by atoms with Gasteiger partial charge >= 0.3 is 6.18 Å². The van der Waals surface area contributed by atoms with Crippen LogP contribution in [-0.4, -0.2) is 19.0 Å². The Kier molecular flexibility index (Phi) is 5.23. The van der Waals surface area contributed by atoms with E-state index in [1.165, 1.54) is 12.1 Å². The monoisotopic (exact) mass is 396 g/mol. The van der Waals surface area contributed by atoms with E-state index in [2.05, 4.69) is 5.32 Å². The summed E-state index contributed by atoms with van der Waals surface area (Å²) in [6.45, 7) is 1.55. The van der Waals surface area contributed by atoms with E-state index >= 15 is 0 Å². The summed E-state index contributed by atoms with van der Waals surface area (Å²) in [5, 5.41) is 3.28. The molecule has 2 aromatic rings. The number of alkyl halides is 3. The fourth-order valence-electron chi connectivity index (χ4n) is 4.02. The van der Waals surface area contributed by atoms with Crippen molar-refractivity contribution in [1.82, 2.24) is 5.32 Å². The Morgan fingerprint density at radius 3 is 2.22 bits per heavy atom. The van der Waals surface area contributed by atoms with Crippen LogP contribution < -0.4 is 10.2 Å². The average molecular weight is 397 g/mol. The van der Waals surface area contributed by atoms with Crippen molar-refractivity contribution in [2.24, 2.45) is 5.41 Å². The van der Waals surface area contributed by atoms with Crippen LogP contribution >= 0.6 is 12.4 Å². The number of carbonyl (C=O) groups excluding carboxylic acids is 1. The fraction of sp³-hybridized carbons (Fsp3) is 0.350. The zero-order valence-electron chi connectivity index (χ0n) is 14.6. The number of para-hydroxylation sites is 1. The standard InChI is InChI=1S/C20H19F3N2O.ClH/c21-20(22,23)15-5-7-16(8-6-15)25-17-4-2-1-3-14(17)13-19(18(25)26)9-11-24-12-10-19;/h1-8,24H,9-13H2;1H. The normalized spacial score (nSPS) is 18.8. The van der Waals surface area contributed by atoms with Gasteiger partial charge in [0.15, 0.2) is 0 Å². The summed E-state index contributed by atoms with van der Waals surface area (Å²) >= 11 is 0. The Balaban J connectivity index is 0.00000210. The molecule has 1 fully saturated rings. The molecule has 0 unspecified atom stereocenters. The Bertz CT molecular complexity index is 830. The second-order valence-corrected chi connectivity index (χ2v) is 7.02. The highest BCUT2D eigenvalue weighted by molar-refractivity contribution is 6.06. The molecule has 2 aromatic carbocycles. The summed E-state index contributed by atoms with van der Waals surface area (Å²) in [5.74, 6) is -0.0162. The molecule has 0 aliphatic carbocycles. The molecule has 2 heterocycles. The van der Waals surface area contributed by atoms with Gasteiger partial charge in [-0.1, -0.05) is 18.2 Å². The molecule has 0 atom stereocenters. The van der Waals surface area contributed by atoms with Gasteiger partial charge in [-0.15, -0.1) is 12.4 Å². The van der Waals surface area contributed by atoms with E-state index in [1.807, 2.05) is 24.3 Å². The SMILES string of the molecule is Cl.O=C1N(c2ccc(C(F)(F)F)cc2)c2ccccc2CC12CCNCC2. The molecule has 27 heavy (non-hydrogen) atoms. The number of amides is 1. The number of nitrogens with one attached hydrogen (secondary N) is 1. The molecule has 3 nitrogen and oxygen atoms in total. The Morgan fingerprint density at radius 1 is 0.963 bits per heavy atom. The summed E-state index contributed by atoms with van der Waals surface area (Å²) in [5.41, 5.74) is 1.11. The molecule has 1 spiro atoms. The molecule has 0 radical (unpaired) electrons. The number of benzene rings is 2. The highest BCUT2D eigenvalue weighted by Gasteiger charge is 2.47. The zero-order chi connectivity index (χ0) is 18.4. The first kappa shape index (κ1) is 19.7. The number of piperidine rings is 1. The van der Waals surface area contributed by atoms with Crippen molar-refractivity contribution in [2.45, 2.75) is 25.4 Å². The molecule has 4 rings (SSSR count). The van der Waals surface area contributed by atoms with Gasteiger partial charge in [-0.25, -0.2) is 0 Å². The summed E-state index contributed by atoms with van der Waals surface area (Å²) in [4.78, 5) is 15.0. The molecule has 0 saturated carbocycles. The van der Waals surface area contributed by atoms with Crippen LogP contribution in [-0.2, 0) is 17.4 Å². The van der Waals surface area contributed by atoms with Gasteiger partial charge in [0.25, 0.3) is 0 Å². The molecule has 7 heteroatoms. The first-order chi connectivity index (χ1) is 12.4. The van der Waals surface area contributed by atoms with Crippen LogP contribution in [0, 0.1) is 5.41 Å². The Morgan fingerprint density at radius 2 is 1.59 bits per heavy atom. The lowest BCUT2D eigenvalue weighted by atomic mass is 9.70. The minimum absolute atomic E-state index is 0. The van der Waals surface area contributed by atoms with Crippen molar-refractivity contribution < 1.29 is 18.0 Å². The van der Waals surface area contributed by atoms with Gasteiger partial charge in [0.05, 0.1) is 16.7 Å². The molecule has 1 saturated heterocycles. The smallest absolute Gasteiger partial charge is 0.317 e. The fourth-order valence-corrected chi connectivity index (χ4v) is 4.02. The predicted octanol–water partition coefficient (Wildman–Crippen LogP) is 4.72. The van der Waals surface area contributed by atoms with Crippen molar-refractivity contribution in [3.8, 4) is 0 Å². The van der Waals surface area contributed by atoms with Gasteiger partial charge in [-0.3, -0.25) is 9.69 Å². The highest BCUT2D eigenvalue weighted by atomic mass is 35.5. The molecule has 2 aliphatic heterocycles. The van der Waals surface area contributed by atoms with Gasteiger partial charge in [-0.2, -0.15) is 13.2 Å². The zero-order valence-corrected chi connectivity index (χ0v) is 15.4. The van der Waals surface area contributed by atoms with Crippen molar-refractivity contribution in [2.75, 3.05) is 18.0 Å². The topological polar surface area (TPSA) is 32.3 Å². The minimum atomic E-state index is -4.39. The third-order valence-electron chi connectivity index (χ3n) is 5.43. The maximum atomic E-state index is 13.4. The van der Waals surface area contributed by atoms with E-state index in [9.17, 15) is 18.0 Å². The summed E-state index contributed by atoms with van der Waals surface area (Å²) in [6, 6.07) is 12.5. The van der Waals surface area contributed by atoms with Crippen LogP contribution in [0.15, 0.2) is 48.5 Å². The van der Waals surface area contributed by atoms with Crippen LogP contribution in [0.5, 0.6) is 0 Å². The van der Waals surface area contributed by atoms with Gasteiger partial charge in [0, 0.05) is 5.69 Å². The van der Waals surface area contributed by atoms with E-state index in [0.29, 0.717) is 12.1 Å². The predicted molar refractivity (Wildman–Crippen MR) is 101 cm³/mol. The summed E-state index contributed by atoms with van der Waals surface area (Å²) in [7, 11) is 0. The van der Waals surface area contributed by atoms with Crippen LogP contribution in [0.2, 0.25) is 0 Å². The lowest BCUT2D eigenvalue weighted by molar-refractivity contribution is -0.137. The largest absolute Gasteiger partial charge is 0.416 e. The van der Waals surface area contributed by atoms with E-state index in [4.69, 9.17) is 0 Å². The number of carbonyl (C=O) groups is 1. The van der Waals surface area contributed by atoms with E-state index in [-0.39, 0.29) is 18.3 Å². The van der Waals surface area contributed by atoms with Crippen LogP contribution in [0.1, 0.15) is 24.0 Å². The molecule has 0 aromatic heterocycles. The molecule has 144 valence electrons. The third-order valence-corrected chi connectivity index (χ3v) is 5.43. The van der Waals surface area contributed by atoms with E-state index < -0.39 is 17.2 Å². The quantitative estimate of drug-likeness (QED) is 0.756. The lowest BCUT2D eigenvalue weighted by Gasteiger charge is -2.44.